The van der Waals surface area contributed by atoms with E-state index in [0.29, 0.717) is 12.3 Å². The summed E-state index contributed by atoms with van der Waals surface area (Å²) in [5, 5.41) is 4.27. The summed E-state index contributed by atoms with van der Waals surface area (Å²) in [7, 11) is 0. The molecule has 1 aliphatic rings. The summed E-state index contributed by atoms with van der Waals surface area (Å²) >= 11 is 0. The van der Waals surface area contributed by atoms with Crippen LogP contribution in [0.1, 0.15) is 25.0 Å². The molecule has 1 amide bonds. The Morgan fingerprint density at radius 1 is 1.15 bits per heavy atom. The SMILES string of the molecule is CC(C)(C(=O)NCCc1c[nH]c2ccccc12)c1ccc2c(c1)OCO2. The van der Waals surface area contributed by atoms with Crippen molar-refractivity contribution in [2.75, 3.05) is 13.3 Å². The Bertz CT molecular complexity index is 959. The Kier molecular flexibility index (Phi) is 4.07. The lowest BCUT2D eigenvalue weighted by Crippen LogP contribution is -2.40. The summed E-state index contributed by atoms with van der Waals surface area (Å²) in [6.45, 7) is 4.67. The van der Waals surface area contributed by atoms with E-state index in [0.717, 1.165) is 23.3 Å². The van der Waals surface area contributed by atoms with E-state index in [4.69, 9.17) is 9.47 Å². The van der Waals surface area contributed by atoms with Crippen molar-refractivity contribution in [3.63, 3.8) is 0 Å². The second-order valence-electron chi connectivity index (χ2n) is 7.06. The number of ether oxygens (including phenoxy) is 2. The summed E-state index contributed by atoms with van der Waals surface area (Å²) in [5.41, 5.74) is 2.59. The van der Waals surface area contributed by atoms with Gasteiger partial charge in [0, 0.05) is 23.6 Å². The van der Waals surface area contributed by atoms with Gasteiger partial charge in [-0.15, -0.1) is 0 Å². The first-order chi connectivity index (χ1) is 12.6. The number of fused-ring (bicyclic) bond motifs is 2. The average Bonchev–Trinajstić information content (AvgIpc) is 3.28. The lowest BCUT2D eigenvalue weighted by molar-refractivity contribution is -0.125. The minimum absolute atomic E-state index is 0.00351. The van der Waals surface area contributed by atoms with Gasteiger partial charge in [-0.05, 0) is 49.6 Å². The molecule has 2 heterocycles. The zero-order chi connectivity index (χ0) is 18.1. The van der Waals surface area contributed by atoms with Crippen molar-refractivity contribution < 1.29 is 14.3 Å². The first-order valence-electron chi connectivity index (χ1n) is 8.79. The standard InChI is InChI=1S/C21H22N2O3/c1-21(2,15-7-8-18-19(11-15)26-13-25-18)20(24)22-10-9-14-12-23-17-6-4-3-5-16(14)17/h3-8,11-12,23H,9-10,13H2,1-2H3,(H,22,24). The van der Waals surface area contributed by atoms with Gasteiger partial charge in [-0.1, -0.05) is 24.3 Å². The molecule has 0 unspecified atom stereocenters. The molecule has 0 fully saturated rings. The van der Waals surface area contributed by atoms with Crippen LogP contribution in [0.25, 0.3) is 10.9 Å². The number of carbonyl (C=O) groups excluding carboxylic acids is 1. The molecule has 5 heteroatoms. The lowest BCUT2D eigenvalue weighted by atomic mass is 9.83. The molecular formula is C21H22N2O3. The first-order valence-corrected chi connectivity index (χ1v) is 8.79. The van der Waals surface area contributed by atoms with Crippen LogP contribution in [0, 0.1) is 0 Å². The molecule has 0 saturated carbocycles. The molecule has 0 radical (unpaired) electrons. The van der Waals surface area contributed by atoms with Gasteiger partial charge >= 0.3 is 0 Å². The molecule has 1 aromatic heterocycles. The molecule has 0 saturated heterocycles. The molecule has 0 bridgehead atoms. The molecule has 5 nitrogen and oxygen atoms in total. The Hall–Kier alpha value is -2.95. The second-order valence-corrected chi connectivity index (χ2v) is 7.06. The number of amides is 1. The second kappa shape index (κ2) is 6.41. The predicted molar refractivity (Wildman–Crippen MR) is 101 cm³/mol. The number of para-hydroxylation sites is 1. The van der Waals surface area contributed by atoms with Crippen LogP contribution >= 0.6 is 0 Å². The van der Waals surface area contributed by atoms with Crippen LogP contribution in [-0.2, 0) is 16.6 Å². The summed E-state index contributed by atoms with van der Waals surface area (Å²) in [6, 6.07) is 13.9. The highest BCUT2D eigenvalue weighted by Gasteiger charge is 2.31. The highest BCUT2D eigenvalue weighted by molar-refractivity contribution is 5.88. The summed E-state index contributed by atoms with van der Waals surface area (Å²) in [6.07, 6.45) is 2.80. The molecule has 134 valence electrons. The van der Waals surface area contributed by atoms with Gasteiger partial charge in [0.15, 0.2) is 11.5 Å². The number of rotatable bonds is 5. The third kappa shape index (κ3) is 2.90. The van der Waals surface area contributed by atoms with Gasteiger partial charge in [0.2, 0.25) is 12.7 Å². The third-order valence-corrected chi connectivity index (χ3v) is 5.02. The van der Waals surface area contributed by atoms with E-state index in [2.05, 4.69) is 22.4 Å². The molecule has 0 aliphatic carbocycles. The fraction of sp³-hybridized carbons (Fsp3) is 0.286. The normalized spacial score (nSPS) is 13.2. The van der Waals surface area contributed by atoms with Crippen LogP contribution in [0.5, 0.6) is 11.5 Å². The van der Waals surface area contributed by atoms with Crippen molar-refractivity contribution in [1.82, 2.24) is 10.3 Å². The van der Waals surface area contributed by atoms with E-state index in [-0.39, 0.29) is 12.7 Å². The average molecular weight is 350 g/mol. The van der Waals surface area contributed by atoms with Gasteiger partial charge in [-0.25, -0.2) is 0 Å². The number of hydrogen-bond acceptors (Lipinski definition) is 3. The fourth-order valence-corrected chi connectivity index (χ4v) is 3.29. The van der Waals surface area contributed by atoms with Crippen molar-refractivity contribution in [1.29, 1.82) is 0 Å². The highest BCUT2D eigenvalue weighted by atomic mass is 16.7. The topological polar surface area (TPSA) is 63.4 Å². The number of carbonyl (C=O) groups is 1. The van der Waals surface area contributed by atoms with Crippen molar-refractivity contribution >= 4 is 16.8 Å². The summed E-state index contributed by atoms with van der Waals surface area (Å²) in [5.74, 6) is 1.42. The van der Waals surface area contributed by atoms with E-state index in [1.54, 1.807) is 0 Å². The molecule has 1 aliphatic heterocycles. The van der Waals surface area contributed by atoms with Crippen LogP contribution in [0.15, 0.2) is 48.7 Å². The van der Waals surface area contributed by atoms with E-state index in [9.17, 15) is 4.79 Å². The van der Waals surface area contributed by atoms with Crippen molar-refractivity contribution in [2.45, 2.75) is 25.7 Å². The minimum atomic E-state index is -0.652. The third-order valence-electron chi connectivity index (χ3n) is 5.02. The van der Waals surface area contributed by atoms with Crippen molar-refractivity contribution in [3.05, 3.63) is 59.8 Å². The van der Waals surface area contributed by atoms with E-state index >= 15 is 0 Å². The predicted octanol–water partition coefficient (Wildman–Crippen LogP) is 3.53. The fourth-order valence-electron chi connectivity index (χ4n) is 3.29. The molecule has 0 atom stereocenters. The Morgan fingerprint density at radius 3 is 2.85 bits per heavy atom. The molecular weight excluding hydrogens is 328 g/mol. The van der Waals surface area contributed by atoms with Gasteiger partial charge in [-0.3, -0.25) is 4.79 Å². The Morgan fingerprint density at radius 2 is 1.96 bits per heavy atom. The monoisotopic (exact) mass is 350 g/mol. The smallest absolute Gasteiger partial charge is 0.231 e. The van der Waals surface area contributed by atoms with Crippen LogP contribution in [0.3, 0.4) is 0 Å². The number of nitrogens with one attached hydrogen (secondary N) is 2. The van der Waals surface area contributed by atoms with Crippen molar-refractivity contribution in [2.24, 2.45) is 0 Å². The van der Waals surface area contributed by atoms with Crippen LogP contribution in [0.4, 0.5) is 0 Å². The van der Waals surface area contributed by atoms with Crippen molar-refractivity contribution in [3.8, 4) is 11.5 Å². The Balaban J connectivity index is 1.42. The van der Waals surface area contributed by atoms with Gasteiger partial charge in [0.25, 0.3) is 0 Å². The number of H-pyrrole nitrogens is 1. The summed E-state index contributed by atoms with van der Waals surface area (Å²) < 4.78 is 10.8. The minimum Gasteiger partial charge on any atom is -0.454 e. The zero-order valence-corrected chi connectivity index (χ0v) is 15.0. The maximum atomic E-state index is 12.8. The molecule has 2 aromatic carbocycles. The van der Waals surface area contributed by atoms with Crippen LogP contribution in [-0.4, -0.2) is 24.2 Å². The largest absolute Gasteiger partial charge is 0.454 e. The van der Waals surface area contributed by atoms with E-state index in [1.807, 2.05) is 50.4 Å². The molecule has 2 N–H and O–H groups in total. The van der Waals surface area contributed by atoms with Gasteiger partial charge < -0.3 is 19.8 Å². The maximum absolute atomic E-state index is 12.8. The van der Waals surface area contributed by atoms with Crippen LogP contribution in [0.2, 0.25) is 0 Å². The number of aromatic amines is 1. The number of benzene rings is 2. The van der Waals surface area contributed by atoms with Gasteiger partial charge in [-0.2, -0.15) is 0 Å². The van der Waals surface area contributed by atoms with E-state index in [1.165, 1.54) is 10.9 Å². The molecule has 0 spiro atoms. The van der Waals surface area contributed by atoms with Gasteiger partial charge in [0.1, 0.15) is 0 Å². The first kappa shape index (κ1) is 16.5. The quantitative estimate of drug-likeness (QED) is 0.740. The zero-order valence-electron chi connectivity index (χ0n) is 15.0. The Labute approximate surface area is 152 Å². The molecule has 3 aromatic rings. The lowest BCUT2D eigenvalue weighted by Gasteiger charge is -2.24. The van der Waals surface area contributed by atoms with Gasteiger partial charge in [0.05, 0.1) is 5.41 Å². The number of aromatic nitrogens is 1. The maximum Gasteiger partial charge on any atom is 0.231 e. The molecule has 4 rings (SSSR count). The summed E-state index contributed by atoms with van der Waals surface area (Å²) in [4.78, 5) is 16.0. The van der Waals surface area contributed by atoms with E-state index < -0.39 is 5.41 Å². The highest BCUT2D eigenvalue weighted by Crippen LogP contribution is 2.36. The number of hydrogen-bond donors (Lipinski definition) is 2. The van der Waals surface area contributed by atoms with Crippen LogP contribution < -0.4 is 14.8 Å². The molecule has 26 heavy (non-hydrogen) atoms.